The number of nitrogen functional groups attached to an aromatic ring is 1. The molecule has 2 aromatic rings. The van der Waals surface area contributed by atoms with Gasteiger partial charge in [0.2, 0.25) is 0 Å². The summed E-state index contributed by atoms with van der Waals surface area (Å²) < 4.78 is 0. The third-order valence-corrected chi connectivity index (χ3v) is 2.53. The Morgan fingerprint density at radius 3 is 2.40 bits per heavy atom. The van der Waals surface area contributed by atoms with Crippen LogP contribution in [0.25, 0.3) is 11.1 Å². The van der Waals surface area contributed by atoms with Crippen molar-refractivity contribution in [1.82, 2.24) is 0 Å². The summed E-state index contributed by atoms with van der Waals surface area (Å²) in [5.41, 5.74) is 7.76. The number of phenolic OH excluding ortho intramolecular Hbond substituents is 1. The second-order valence-corrected chi connectivity index (χ2v) is 3.66. The Hall–Kier alpha value is -1.67. The lowest BCUT2D eigenvalue weighted by Gasteiger charge is -2.07. The van der Waals surface area contributed by atoms with Gasteiger partial charge in [-0.15, -0.1) is 0 Å². The van der Waals surface area contributed by atoms with Gasteiger partial charge in [-0.3, -0.25) is 0 Å². The number of halogens is 1. The van der Waals surface area contributed by atoms with Crippen molar-refractivity contribution < 1.29 is 5.11 Å². The monoisotopic (exact) mass is 219 g/mol. The van der Waals surface area contributed by atoms with E-state index in [4.69, 9.17) is 17.3 Å². The summed E-state index contributed by atoms with van der Waals surface area (Å²) in [7, 11) is 0. The standard InChI is InChI=1S/C12H10ClNO/c13-10-7-12(15)9(6-11(10)14)8-4-2-1-3-5-8/h1-7,15H,14H2. The van der Waals surface area contributed by atoms with Gasteiger partial charge in [0.15, 0.2) is 0 Å². The third-order valence-electron chi connectivity index (χ3n) is 2.20. The minimum atomic E-state index is 0.139. The molecule has 3 heteroatoms. The second kappa shape index (κ2) is 3.83. The molecule has 0 saturated carbocycles. The number of benzene rings is 2. The summed E-state index contributed by atoms with van der Waals surface area (Å²) in [6.45, 7) is 0. The largest absolute Gasteiger partial charge is 0.507 e. The highest BCUT2D eigenvalue weighted by Crippen LogP contribution is 2.34. The molecule has 0 atom stereocenters. The van der Waals surface area contributed by atoms with E-state index in [1.165, 1.54) is 6.07 Å². The van der Waals surface area contributed by atoms with Crippen LogP contribution in [-0.4, -0.2) is 5.11 Å². The minimum absolute atomic E-state index is 0.139. The number of rotatable bonds is 1. The molecule has 15 heavy (non-hydrogen) atoms. The van der Waals surface area contributed by atoms with Crippen LogP contribution in [0.15, 0.2) is 42.5 Å². The van der Waals surface area contributed by atoms with Crippen molar-refractivity contribution >= 4 is 17.3 Å². The van der Waals surface area contributed by atoms with Crippen LogP contribution >= 0.6 is 11.6 Å². The lowest BCUT2D eigenvalue weighted by Crippen LogP contribution is -1.88. The van der Waals surface area contributed by atoms with E-state index in [2.05, 4.69) is 0 Å². The molecule has 0 aliphatic rings. The van der Waals surface area contributed by atoms with Crippen LogP contribution in [0.4, 0.5) is 5.69 Å². The zero-order valence-electron chi connectivity index (χ0n) is 7.94. The van der Waals surface area contributed by atoms with E-state index in [0.717, 1.165) is 5.56 Å². The van der Waals surface area contributed by atoms with Gasteiger partial charge in [-0.1, -0.05) is 41.9 Å². The summed E-state index contributed by atoms with van der Waals surface area (Å²) in [5.74, 6) is 0.139. The summed E-state index contributed by atoms with van der Waals surface area (Å²) in [6.07, 6.45) is 0. The predicted molar refractivity (Wildman–Crippen MR) is 63.0 cm³/mol. The van der Waals surface area contributed by atoms with Crippen molar-refractivity contribution in [2.24, 2.45) is 0 Å². The molecule has 0 saturated heterocycles. The molecule has 0 bridgehead atoms. The Labute approximate surface area is 92.9 Å². The zero-order valence-corrected chi connectivity index (χ0v) is 8.70. The molecule has 0 aliphatic carbocycles. The number of aromatic hydroxyl groups is 1. The molecule has 2 aromatic carbocycles. The Morgan fingerprint density at radius 1 is 1.07 bits per heavy atom. The van der Waals surface area contributed by atoms with E-state index < -0.39 is 0 Å². The first-order valence-electron chi connectivity index (χ1n) is 4.52. The van der Waals surface area contributed by atoms with Gasteiger partial charge in [-0.05, 0) is 11.6 Å². The van der Waals surface area contributed by atoms with Gasteiger partial charge >= 0.3 is 0 Å². The van der Waals surface area contributed by atoms with Crippen molar-refractivity contribution in [2.75, 3.05) is 5.73 Å². The highest BCUT2D eigenvalue weighted by molar-refractivity contribution is 6.33. The van der Waals surface area contributed by atoms with Crippen molar-refractivity contribution in [3.63, 3.8) is 0 Å². The smallest absolute Gasteiger partial charge is 0.125 e. The lowest BCUT2D eigenvalue weighted by molar-refractivity contribution is 0.477. The van der Waals surface area contributed by atoms with E-state index >= 15 is 0 Å². The van der Waals surface area contributed by atoms with Crippen LogP contribution in [0.2, 0.25) is 5.02 Å². The van der Waals surface area contributed by atoms with Gasteiger partial charge in [0, 0.05) is 11.6 Å². The van der Waals surface area contributed by atoms with Crippen LogP contribution in [0, 0.1) is 0 Å². The summed E-state index contributed by atoms with van der Waals surface area (Å²) in [4.78, 5) is 0. The molecule has 0 aliphatic heterocycles. The minimum Gasteiger partial charge on any atom is -0.507 e. The molecule has 2 nitrogen and oxygen atoms in total. The molecule has 2 rings (SSSR count). The van der Waals surface area contributed by atoms with Crippen LogP contribution in [-0.2, 0) is 0 Å². The van der Waals surface area contributed by atoms with E-state index in [1.807, 2.05) is 30.3 Å². The summed E-state index contributed by atoms with van der Waals surface area (Å²) in [6, 6.07) is 12.7. The number of phenols is 1. The third kappa shape index (κ3) is 1.90. The zero-order chi connectivity index (χ0) is 10.8. The van der Waals surface area contributed by atoms with Crippen molar-refractivity contribution in [3.8, 4) is 16.9 Å². The maximum absolute atomic E-state index is 9.73. The summed E-state index contributed by atoms with van der Waals surface area (Å²) >= 11 is 5.79. The molecule has 0 spiro atoms. The van der Waals surface area contributed by atoms with E-state index in [1.54, 1.807) is 6.07 Å². The van der Waals surface area contributed by atoms with Gasteiger partial charge in [-0.2, -0.15) is 0 Å². The first-order chi connectivity index (χ1) is 7.18. The summed E-state index contributed by atoms with van der Waals surface area (Å²) in [5, 5.41) is 10.1. The molecule has 0 fully saturated rings. The van der Waals surface area contributed by atoms with Crippen LogP contribution < -0.4 is 5.73 Å². The quantitative estimate of drug-likeness (QED) is 0.571. The Balaban J connectivity index is 2.59. The van der Waals surface area contributed by atoms with Gasteiger partial charge in [0.05, 0.1) is 10.7 Å². The van der Waals surface area contributed by atoms with Gasteiger partial charge in [0.1, 0.15) is 5.75 Å². The van der Waals surface area contributed by atoms with Crippen LogP contribution in [0.5, 0.6) is 5.75 Å². The predicted octanol–water partition coefficient (Wildman–Crippen LogP) is 3.29. The molecular weight excluding hydrogens is 210 g/mol. The molecule has 0 heterocycles. The second-order valence-electron chi connectivity index (χ2n) is 3.26. The fourth-order valence-corrected chi connectivity index (χ4v) is 1.59. The lowest BCUT2D eigenvalue weighted by atomic mass is 10.0. The maximum Gasteiger partial charge on any atom is 0.125 e. The van der Waals surface area contributed by atoms with Crippen molar-refractivity contribution in [3.05, 3.63) is 47.5 Å². The Morgan fingerprint density at radius 2 is 1.73 bits per heavy atom. The highest BCUT2D eigenvalue weighted by Gasteiger charge is 2.07. The number of nitrogens with two attached hydrogens (primary N) is 1. The fraction of sp³-hybridized carbons (Fsp3) is 0. The average Bonchev–Trinajstić information content (AvgIpc) is 2.25. The molecule has 3 N–H and O–H groups in total. The van der Waals surface area contributed by atoms with Gasteiger partial charge in [-0.25, -0.2) is 0 Å². The molecule has 0 amide bonds. The topological polar surface area (TPSA) is 46.2 Å². The molecule has 0 aromatic heterocycles. The van der Waals surface area contributed by atoms with Gasteiger partial charge < -0.3 is 10.8 Å². The van der Waals surface area contributed by atoms with Crippen molar-refractivity contribution in [2.45, 2.75) is 0 Å². The highest BCUT2D eigenvalue weighted by atomic mass is 35.5. The van der Waals surface area contributed by atoms with E-state index in [9.17, 15) is 5.11 Å². The maximum atomic E-state index is 9.73. The van der Waals surface area contributed by atoms with Crippen LogP contribution in [0.1, 0.15) is 0 Å². The van der Waals surface area contributed by atoms with Crippen LogP contribution in [0.3, 0.4) is 0 Å². The van der Waals surface area contributed by atoms with E-state index in [-0.39, 0.29) is 5.75 Å². The molecule has 76 valence electrons. The van der Waals surface area contributed by atoms with Crippen molar-refractivity contribution in [1.29, 1.82) is 0 Å². The average molecular weight is 220 g/mol. The normalized spacial score (nSPS) is 10.2. The number of anilines is 1. The Bertz CT molecular complexity index is 482. The number of hydrogen-bond acceptors (Lipinski definition) is 2. The molecule has 0 unspecified atom stereocenters. The van der Waals surface area contributed by atoms with E-state index in [0.29, 0.717) is 16.3 Å². The Kier molecular flexibility index (Phi) is 2.52. The fourth-order valence-electron chi connectivity index (χ4n) is 1.43. The molecular formula is C12H10ClNO. The first-order valence-corrected chi connectivity index (χ1v) is 4.89. The first kappa shape index (κ1) is 9.87. The number of hydrogen-bond donors (Lipinski definition) is 2. The molecule has 0 radical (unpaired) electrons. The SMILES string of the molecule is Nc1cc(-c2ccccc2)c(O)cc1Cl. The van der Waals surface area contributed by atoms with Gasteiger partial charge in [0.25, 0.3) is 0 Å².